The average molecular weight is 407 g/mol. The van der Waals surface area contributed by atoms with E-state index in [2.05, 4.69) is 48.6 Å². The van der Waals surface area contributed by atoms with Gasteiger partial charge < -0.3 is 20.0 Å². The van der Waals surface area contributed by atoms with Gasteiger partial charge in [0.15, 0.2) is 6.54 Å². The Morgan fingerprint density at radius 3 is 2.37 bits per heavy atom. The number of likely N-dealkylation sites (N-methyl/N-ethyl adjacent to an activating group) is 1. The van der Waals surface area contributed by atoms with Crippen molar-refractivity contribution in [2.75, 3.05) is 20.1 Å². The molecule has 0 saturated carbocycles. The first-order chi connectivity index (χ1) is 14.5. The van der Waals surface area contributed by atoms with Crippen LogP contribution in [-0.2, 0) is 16.1 Å². The minimum absolute atomic E-state index is 0.00785. The monoisotopic (exact) mass is 406 g/mol. The summed E-state index contributed by atoms with van der Waals surface area (Å²) in [5.74, 6) is 0.353. The predicted octanol–water partition coefficient (Wildman–Crippen LogP) is 2.02. The fourth-order valence-corrected chi connectivity index (χ4v) is 3.23. The predicted molar refractivity (Wildman–Crippen MR) is 114 cm³/mol. The van der Waals surface area contributed by atoms with Gasteiger partial charge >= 0.3 is 0 Å². The highest BCUT2D eigenvalue weighted by Gasteiger charge is 2.21. The first-order valence-electron chi connectivity index (χ1n) is 10.0. The zero-order valence-electron chi connectivity index (χ0n) is 17.4. The number of nitrogens with two attached hydrogens (primary N) is 1. The zero-order chi connectivity index (χ0) is 21.3. The van der Waals surface area contributed by atoms with E-state index >= 15 is 0 Å². The molecular weight excluding hydrogens is 378 g/mol. The number of nitrogens with one attached hydrogen (secondary N) is 1. The van der Waals surface area contributed by atoms with Gasteiger partial charge in [0.25, 0.3) is 5.91 Å². The van der Waals surface area contributed by atoms with E-state index in [1.165, 1.54) is 10.5 Å². The number of aryl methyl sites for hydroxylation is 1. The molecule has 0 aliphatic carbocycles. The number of hydrogen-bond donors (Lipinski definition) is 2. The third-order valence-corrected chi connectivity index (χ3v) is 4.97. The van der Waals surface area contributed by atoms with Gasteiger partial charge in [-0.2, -0.15) is 0 Å². The van der Waals surface area contributed by atoms with Gasteiger partial charge in [0, 0.05) is 18.2 Å². The van der Waals surface area contributed by atoms with E-state index < -0.39 is 0 Å². The number of rotatable bonds is 9. The maximum atomic E-state index is 12.6. The zero-order valence-corrected chi connectivity index (χ0v) is 17.4. The van der Waals surface area contributed by atoms with Gasteiger partial charge in [-0.15, -0.1) is 0 Å². The van der Waals surface area contributed by atoms with Crippen LogP contribution in [-0.4, -0.2) is 36.9 Å². The first-order valence-corrected chi connectivity index (χ1v) is 10.0. The Morgan fingerprint density at radius 1 is 1.00 bits per heavy atom. The molecule has 30 heavy (non-hydrogen) atoms. The molecule has 156 valence electrons. The molecule has 3 rings (SSSR count). The minimum atomic E-state index is -0.222. The summed E-state index contributed by atoms with van der Waals surface area (Å²) < 4.78 is 5.19. The van der Waals surface area contributed by atoms with Crippen LogP contribution in [0.15, 0.2) is 77.4 Å². The lowest BCUT2D eigenvalue weighted by molar-refractivity contribution is -0.677. The number of benzene rings is 2. The van der Waals surface area contributed by atoms with Gasteiger partial charge in [-0.3, -0.25) is 9.59 Å². The number of furan rings is 1. The molecule has 3 N–H and O–H groups in total. The molecule has 2 aromatic carbocycles. The Kier molecular flexibility index (Phi) is 7.40. The summed E-state index contributed by atoms with van der Waals surface area (Å²) in [5, 5.41) is 4.77. The summed E-state index contributed by atoms with van der Waals surface area (Å²) >= 11 is 0. The van der Waals surface area contributed by atoms with Crippen molar-refractivity contribution in [3.8, 4) is 0 Å². The Hall–Kier alpha value is -3.38. The van der Waals surface area contributed by atoms with Crippen LogP contribution >= 0.6 is 0 Å². The number of carbonyl (C=O) groups excluding carboxylic acids is 2. The first kappa shape index (κ1) is 21.3. The Labute approximate surface area is 176 Å². The lowest BCUT2D eigenvalue weighted by atomic mass is 9.98. The summed E-state index contributed by atoms with van der Waals surface area (Å²) in [5.41, 5.74) is 3.47. The van der Waals surface area contributed by atoms with E-state index in [0.29, 0.717) is 12.3 Å². The van der Waals surface area contributed by atoms with Crippen LogP contribution in [0.2, 0.25) is 0 Å². The van der Waals surface area contributed by atoms with Crippen molar-refractivity contribution in [3.05, 3.63) is 95.4 Å². The summed E-state index contributed by atoms with van der Waals surface area (Å²) in [6.45, 7) is 2.62. The molecule has 0 radical (unpaired) electrons. The number of carbonyl (C=O) groups is 2. The second kappa shape index (κ2) is 10.4. The highest BCUT2D eigenvalue weighted by Crippen LogP contribution is 2.18. The van der Waals surface area contributed by atoms with E-state index in [-0.39, 0.29) is 30.9 Å². The maximum absolute atomic E-state index is 12.6. The third kappa shape index (κ3) is 6.06. The topological polar surface area (TPSA) is 79.2 Å². The molecule has 0 bridgehead atoms. The molecule has 0 fully saturated rings. The van der Waals surface area contributed by atoms with Gasteiger partial charge in [-0.25, -0.2) is 0 Å². The highest BCUT2D eigenvalue weighted by atomic mass is 16.3. The van der Waals surface area contributed by atoms with Crippen molar-refractivity contribution in [2.45, 2.75) is 19.5 Å². The van der Waals surface area contributed by atoms with E-state index in [4.69, 9.17) is 4.42 Å². The van der Waals surface area contributed by atoms with Gasteiger partial charge in [0.2, 0.25) is 5.91 Å². The minimum Gasteiger partial charge on any atom is -0.467 e. The average Bonchev–Trinajstić information content (AvgIpc) is 3.28. The van der Waals surface area contributed by atoms with Gasteiger partial charge in [0.1, 0.15) is 11.8 Å². The van der Waals surface area contributed by atoms with Gasteiger partial charge in [-0.1, -0.05) is 60.2 Å². The Bertz CT molecular complexity index is 938. The van der Waals surface area contributed by atoms with Crippen molar-refractivity contribution in [3.63, 3.8) is 0 Å². The van der Waals surface area contributed by atoms with Crippen molar-refractivity contribution in [2.24, 2.45) is 0 Å². The molecule has 1 aromatic heterocycles. The van der Waals surface area contributed by atoms with Crippen LogP contribution in [0.1, 0.15) is 28.5 Å². The normalized spacial score (nSPS) is 11.7. The molecule has 6 heteroatoms. The standard InChI is InChI=1S/C24H27N3O3/c1-18-10-12-20(13-11-18)24(19-7-4-3-5-8-19)26-16-23(29)27(2)17-22(28)25-15-21-9-6-14-30-21/h3-14,24,26H,15-17H2,1-2H3,(H,25,28)/p+1/t24-/m0/s1. The Balaban J connectivity index is 1.56. The molecule has 0 spiro atoms. The molecule has 0 saturated heterocycles. The van der Waals surface area contributed by atoms with Crippen LogP contribution in [0.4, 0.5) is 0 Å². The molecule has 1 atom stereocenters. The molecular formula is C24H28N3O3+. The van der Waals surface area contributed by atoms with Crippen molar-refractivity contribution in [1.29, 1.82) is 0 Å². The molecule has 1 heterocycles. The quantitative estimate of drug-likeness (QED) is 0.571. The number of nitrogens with zero attached hydrogens (tertiary/aromatic N) is 1. The SMILES string of the molecule is Cc1ccc([C@@H]([NH2+]CC(=O)N(C)CC(=O)NCc2ccco2)c2ccccc2)cc1. The number of quaternary nitrogens is 1. The maximum Gasteiger partial charge on any atom is 0.277 e. The Morgan fingerprint density at radius 2 is 1.70 bits per heavy atom. The third-order valence-electron chi connectivity index (χ3n) is 4.97. The molecule has 3 aromatic rings. The smallest absolute Gasteiger partial charge is 0.277 e. The van der Waals surface area contributed by atoms with E-state index in [9.17, 15) is 9.59 Å². The summed E-state index contributed by atoms with van der Waals surface area (Å²) in [4.78, 5) is 26.2. The molecule has 2 amide bonds. The molecule has 6 nitrogen and oxygen atoms in total. The van der Waals surface area contributed by atoms with Crippen molar-refractivity contribution < 1.29 is 19.3 Å². The number of hydrogen-bond acceptors (Lipinski definition) is 3. The van der Waals surface area contributed by atoms with Crippen LogP contribution in [0.25, 0.3) is 0 Å². The van der Waals surface area contributed by atoms with Crippen LogP contribution < -0.4 is 10.6 Å². The fraction of sp³-hybridized carbons (Fsp3) is 0.250. The van der Waals surface area contributed by atoms with E-state index in [1.807, 2.05) is 23.5 Å². The molecule has 0 unspecified atom stereocenters. The number of amides is 2. The van der Waals surface area contributed by atoms with E-state index in [0.717, 1.165) is 11.1 Å². The van der Waals surface area contributed by atoms with Crippen LogP contribution in [0.3, 0.4) is 0 Å². The summed E-state index contributed by atoms with van der Waals surface area (Å²) in [7, 11) is 1.64. The molecule has 0 aliphatic rings. The van der Waals surface area contributed by atoms with E-state index in [1.54, 1.807) is 25.4 Å². The fourth-order valence-electron chi connectivity index (χ4n) is 3.23. The van der Waals surface area contributed by atoms with Crippen LogP contribution in [0.5, 0.6) is 0 Å². The summed E-state index contributed by atoms with van der Waals surface area (Å²) in [6, 6.07) is 22.0. The van der Waals surface area contributed by atoms with Crippen LogP contribution in [0, 0.1) is 6.92 Å². The second-order valence-corrected chi connectivity index (χ2v) is 7.34. The van der Waals surface area contributed by atoms with Crippen molar-refractivity contribution in [1.82, 2.24) is 10.2 Å². The van der Waals surface area contributed by atoms with Gasteiger partial charge in [-0.05, 0) is 19.1 Å². The van der Waals surface area contributed by atoms with Crippen molar-refractivity contribution >= 4 is 11.8 Å². The highest BCUT2D eigenvalue weighted by molar-refractivity contribution is 5.84. The summed E-state index contributed by atoms with van der Waals surface area (Å²) in [6.07, 6.45) is 1.56. The second-order valence-electron chi connectivity index (χ2n) is 7.34. The lowest BCUT2D eigenvalue weighted by Gasteiger charge is -2.20. The van der Waals surface area contributed by atoms with Gasteiger partial charge in [0.05, 0.1) is 19.4 Å². The molecule has 0 aliphatic heterocycles. The largest absolute Gasteiger partial charge is 0.467 e. The lowest BCUT2D eigenvalue weighted by Crippen LogP contribution is -2.87.